The van der Waals surface area contributed by atoms with Gasteiger partial charge < -0.3 is 15.2 Å². The molecule has 0 fully saturated rings. The summed E-state index contributed by atoms with van der Waals surface area (Å²) in [7, 11) is 3.48. The summed E-state index contributed by atoms with van der Waals surface area (Å²) in [5.41, 5.74) is 1.82. The maximum atomic E-state index is 13.8. The zero-order valence-corrected chi connectivity index (χ0v) is 20.8. The topological polar surface area (TPSA) is 54.4 Å². The van der Waals surface area contributed by atoms with Crippen LogP contribution in [0.25, 0.3) is 10.9 Å². The van der Waals surface area contributed by atoms with E-state index in [1.54, 1.807) is 19.2 Å². The maximum absolute atomic E-state index is 13.8. The molecule has 0 radical (unpaired) electrons. The molecule has 0 saturated carbocycles. The highest BCUT2D eigenvalue weighted by Crippen LogP contribution is 2.47. The summed E-state index contributed by atoms with van der Waals surface area (Å²) in [5, 5.41) is 16.6. The summed E-state index contributed by atoms with van der Waals surface area (Å²) in [6.07, 6.45) is 1.18. The fraction of sp³-hybridized carbons (Fsp3) is 0.250. The van der Waals surface area contributed by atoms with Gasteiger partial charge >= 0.3 is 0 Å². The van der Waals surface area contributed by atoms with Crippen LogP contribution in [0, 0.1) is 5.82 Å². The minimum absolute atomic E-state index is 0.340. The van der Waals surface area contributed by atoms with Crippen LogP contribution in [0.2, 0.25) is 0 Å². The summed E-state index contributed by atoms with van der Waals surface area (Å²) in [4.78, 5) is 4.77. The molecule has 0 spiro atoms. The summed E-state index contributed by atoms with van der Waals surface area (Å²) in [6, 6.07) is 23.9. The molecule has 4 rings (SSSR count). The van der Waals surface area contributed by atoms with Crippen LogP contribution in [0.4, 0.5) is 4.39 Å². The van der Waals surface area contributed by atoms with E-state index in [2.05, 4.69) is 21.2 Å². The lowest BCUT2D eigenvalue weighted by Gasteiger charge is -2.38. The number of nitrogens with zero attached hydrogens (tertiary/aromatic N) is 1. The molecular formula is C28H28BrFN2O2. The number of hydrogen-bond donors (Lipinski definition) is 2. The third-order valence-electron chi connectivity index (χ3n) is 6.21. The second kappa shape index (κ2) is 10.6. The van der Waals surface area contributed by atoms with E-state index in [4.69, 9.17) is 9.72 Å². The smallest absolute Gasteiger partial charge is 0.217 e. The predicted molar refractivity (Wildman–Crippen MR) is 138 cm³/mol. The molecule has 176 valence electrons. The van der Waals surface area contributed by atoms with Crippen LogP contribution < -0.4 is 10.1 Å². The van der Waals surface area contributed by atoms with E-state index in [0.717, 1.165) is 39.5 Å². The summed E-state index contributed by atoms with van der Waals surface area (Å²) in [5.74, 6) is -0.382. The number of nitrogens with one attached hydrogen (secondary N) is 1. The van der Waals surface area contributed by atoms with Crippen LogP contribution in [0.1, 0.15) is 35.4 Å². The molecule has 4 nitrogen and oxygen atoms in total. The molecule has 2 N–H and O–H groups in total. The molecule has 2 unspecified atom stereocenters. The van der Waals surface area contributed by atoms with Crippen molar-refractivity contribution in [2.45, 2.75) is 24.4 Å². The average molecular weight is 523 g/mol. The number of aliphatic hydroxyl groups is 1. The second-order valence-electron chi connectivity index (χ2n) is 8.41. The van der Waals surface area contributed by atoms with Crippen LogP contribution in [-0.4, -0.2) is 30.8 Å². The highest BCUT2D eigenvalue weighted by Gasteiger charge is 2.42. The molecule has 1 heterocycles. The zero-order valence-electron chi connectivity index (χ0n) is 19.3. The Balaban J connectivity index is 1.99. The third kappa shape index (κ3) is 4.99. The number of pyridine rings is 1. The van der Waals surface area contributed by atoms with Crippen LogP contribution in [0.5, 0.6) is 5.88 Å². The second-order valence-corrected chi connectivity index (χ2v) is 9.32. The van der Waals surface area contributed by atoms with Crippen molar-refractivity contribution in [2.24, 2.45) is 0 Å². The van der Waals surface area contributed by atoms with Gasteiger partial charge in [-0.1, -0.05) is 58.4 Å². The van der Waals surface area contributed by atoms with Crippen LogP contribution in [0.3, 0.4) is 0 Å². The van der Waals surface area contributed by atoms with Gasteiger partial charge in [-0.05, 0) is 74.0 Å². The van der Waals surface area contributed by atoms with Crippen molar-refractivity contribution in [2.75, 3.05) is 20.7 Å². The molecule has 0 aliphatic heterocycles. The monoisotopic (exact) mass is 522 g/mol. The average Bonchev–Trinajstić information content (AvgIpc) is 2.85. The predicted octanol–water partition coefficient (Wildman–Crippen LogP) is 6.16. The first kappa shape index (κ1) is 24.3. The molecule has 6 heteroatoms. The minimum Gasteiger partial charge on any atom is -0.481 e. The summed E-state index contributed by atoms with van der Waals surface area (Å²) in [6.45, 7) is 0.741. The number of rotatable bonds is 9. The Morgan fingerprint density at radius 3 is 2.47 bits per heavy atom. The van der Waals surface area contributed by atoms with Crippen molar-refractivity contribution < 1.29 is 14.2 Å². The van der Waals surface area contributed by atoms with Gasteiger partial charge in [-0.3, -0.25) is 0 Å². The SMILES string of the molecule is CNCCCC(O)(c1ccc(F)cc1)C(c1ccccc1)c1cc2cc(Br)ccc2nc1OC. The quantitative estimate of drug-likeness (QED) is 0.258. The number of halogens is 2. The van der Waals surface area contributed by atoms with Crippen molar-refractivity contribution in [3.63, 3.8) is 0 Å². The lowest BCUT2D eigenvalue weighted by Crippen LogP contribution is -2.35. The van der Waals surface area contributed by atoms with Crippen LogP contribution in [0.15, 0.2) is 83.3 Å². The van der Waals surface area contributed by atoms with Gasteiger partial charge in [0.15, 0.2) is 0 Å². The maximum Gasteiger partial charge on any atom is 0.217 e. The fourth-order valence-electron chi connectivity index (χ4n) is 4.60. The van der Waals surface area contributed by atoms with E-state index in [0.29, 0.717) is 17.9 Å². The van der Waals surface area contributed by atoms with E-state index in [1.165, 1.54) is 12.1 Å². The number of aromatic nitrogens is 1. The Morgan fingerprint density at radius 2 is 1.79 bits per heavy atom. The minimum atomic E-state index is -1.33. The first-order valence-electron chi connectivity index (χ1n) is 11.3. The van der Waals surface area contributed by atoms with Gasteiger partial charge in [0.1, 0.15) is 11.4 Å². The normalized spacial score (nSPS) is 14.0. The van der Waals surface area contributed by atoms with E-state index in [1.807, 2.05) is 61.6 Å². The Morgan fingerprint density at radius 1 is 1.06 bits per heavy atom. The van der Waals surface area contributed by atoms with E-state index >= 15 is 0 Å². The summed E-state index contributed by atoms with van der Waals surface area (Å²) < 4.78 is 20.5. The standard InChI is InChI=1S/C28H28BrFN2O2/c1-31-16-6-15-28(33,21-9-12-23(30)13-10-21)26(19-7-4-3-5-8-19)24-18-20-17-22(29)11-14-25(20)32-27(24)34-2/h3-5,7-14,17-18,26,31,33H,6,15-16H2,1-2H3. The zero-order chi connectivity index (χ0) is 24.1. The molecule has 0 aliphatic carbocycles. The molecule has 0 amide bonds. The molecule has 34 heavy (non-hydrogen) atoms. The fourth-order valence-corrected chi connectivity index (χ4v) is 4.98. The molecule has 2 atom stereocenters. The van der Waals surface area contributed by atoms with Crippen molar-refractivity contribution in [3.8, 4) is 5.88 Å². The molecule has 4 aromatic rings. The first-order valence-corrected chi connectivity index (χ1v) is 12.1. The van der Waals surface area contributed by atoms with Gasteiger partial charge in [0, 0.05) is 21.3 Å². The number of fused-ring (bicyclic) bond motifs is 1. The number of ether oxygens (including phenoxy) is 1. The Labute approximate surface area is 207 Å². The van der Waals surface area contributed by atoms with Crippen molar-refractivity contribution in [1.82, 2.24) is 10.3 Å². The first-order chi connectivity index (χ1) is 16.5. The van der Waals surface area contributed by atoms with Gasteiger partial charge in [-0.15, -0.1) is 0 Å². The van der Waals surface area contributed by atoms with Crippen LogP contribution >= 0.6 is 15.9 Å². The van der Waals surface area contributed by atoms with Gasteiger partial charge in [0.2, 0.25) is 5.88 Å². The van der Waals surface area contributed by atoms with Gasteiger partial charge in [-0.2, -0.15) is 0 Å². The molecule has 0 aliphatic rings. The van der Waals surface area contributed by atoms with Gasteiger partial charge in [0.05, 0.1) is 12.6 Å². The van der Waals surface area contributed by atoms with E-state index in [-0.39, 0.29) is 5.82 Å². The van der Waals surface area contributed by atoms with Gasteiger partial charge in [-0.25, -0.2) is 9.37 Å². The Hall–Kier alpha value is -2.80. The lowest BCUT2D eigenvalue weighted by molar-refractivity contribution is 0.00777. The third-order valence-corrected chi connectivity index (χ3v) is 6.71. The molecule has 0 bridgehead atoms. The molecule has 3 aromatic carbocycles. The lowest BCUT2D eigenvalue weighted by atomic mass is 9.71. The highest BCUT2D eigenvalue weighted by atomic mass is 79.9. The van der Waals surface area contributed by atoms with Crippen molar-refractivity contribution >= 4 is 26.8 Å². The van der Waals surface area contributed by atoms with Crippen molar-refractivity contribution in [3.05, 3.63) is 106 Å². The van der Waals surface area contributed by atoms with E-state index < -0.39 is 11.5 Å². The summed E-state index contributed by atoms with van der Waals surface area (Å²) >= 11 is 3.55. The Bertz CT molecular complexity index is 1250. The molecule has 1 aromatic heterocycles. The molecular weight excluding hydrogens is 495 g/mol. The largest absolute Gasteiger partial charge is 0.481 e. The number of hydrogen-bond acceptors (Lipinski definition) is 4. The van der Waals surface area contributed by atoms with Gasteiger partial charge in [0.25, 0.3) is 0 Å². The van der Waals surface area contributed by atoms with Crippen molar-refractivity contribution in [1.29, 1.82) is 0 Å². The van der Waals surface area contributed by atoms with Crippen LogP contribution in [-0.2, 0) is 5.60 Å². The molecule has 0 saturated heterocycles. The number of benzene rings is 3. The number of methoxy groups -OCH3 is 1. The highest BCUT2D eigenvalue weighted by molar-refractivity contribution is 9.10. The van der Waals surface area contributed by atoms with E-state index in [9.17, 15) is 9.50 Å². The Kier molecular flexibility index (Phi) is 7.61.